The minimum Gasteiger partial charge on any atom is -0.383 e. The molecule has 0 unspecified atom stereocenters. The van der Waals surface area contributed by atoms with Crippen LogP contribution in [0.3, 0.4) is 0 Å². The first-order valence-electron chi connectivity index (χ1n) is 6.35. The van der Waals surface area contributed by atoms with Crippen LogP contribution in [0.25, 0.3) is 0 Å². The van der Waals surface area contributed by atoms with E-state index in [9.17, 15) is 9.59 Å². The van der Waals surface area contributed by atoms with E-state index >= 15 is 0 Å². The third kappa shape index (κ3) is 4.95. The van der Waals surface area contributed by atoms with Gasteiger partial charge in [-0.05, 0) is 12.5 Å². The summed E-state index contributed by atoms with van der Waals surface area (Å²) in [6.07, 6.45) is 4.44. The van der Waals surface area contributed by atoms with Crippen LogP contribution in [0.2, 0.25) is 0 Å². The molecule has 0 aliphatic heterocycles. The molecule has 6 nitrogen and oxygen atoms in total. The van der Waals surface area contributed by atoms with E-state index in [1.165, 1.54) is 0 Å². The Morgan fingerprint density at radius 1 is 1.32 bits per heavy atom. The second-order valence-electron chi connectivity index (χ2n) is 4.03. The Hall–Kier alpha value is -2.11. The number of aromatic nitrogens is 1. The highest BCUT2D eigenvalue weighted by molar-refractivity contribution is 5.99. The Kier molecular flexibility index (Phi) is 6.35. The molecule has 0 saturated carbocycles. The van der Waals surface area contributed by atoms with Crippen molar-refractivity contribution >= 4 is 17.5 Å². The minimum atomic E-state index is -0.204. The summed E-state index contributed by atoms with van der Waals surface area (Å²) in [5.74, 6) is -0.302. The fraction of sp³-hybridized carbons (Fsp3) is 0.462. The monoisotopic (exact) mass is 264 g/mol. The lowest BCUT2D eigenvalue weighted by Gasteiger charge is -2.10. The van der Waals surface area contributed by atoms with E-state index in [2.05, 4.69) is 20.9 Å². The number of pyridine rings is 1. The van der Waals surface area contributed by atoms with E-state index in [4.69, 9.17) is 0 Å². The Balaban J connectivity index is 2.58. The number of carbonyl (C=O) groups excluding carboxylic acids is 2. The van der Waals surface area contributed by atoms with Crippen LogP contribution < -0.4 is 16.0 Å². The molecule has 3 N–H and O–H groups in total. The van der Waals surface area contributed by atoms with Crippen LogP contribution in [-0.2, 0) is 4.79 Å². The van der Waals surface area contributed by atoms with Crippen molar-refractivity contribution in [1.29, 1.82) is 0 Å². The molecule has 1 aromatic rings. The van der Waals surface area contributed by atoms with Crippen molar-refractivity contribution in [1.82, 2.24) is 15.6 Å². The number of rotatable bonds is 7. The van der Waals surface area contributed by atoms with E-state index in [0.717, 1.165) is 13.0 Å². The summed E-state index contributed by atoms with van der Waals surface area (Å²) in [4.78, 5) is 27.0. The minimum absolute atomic E-state index is 0.0978. The van der Waals surface area contributed by atoms with Crippen LogP contribution in [-0.4, -0.2) is 36.9 Å². The molecule has 1 heterocycles. The molecule has 0 spiro atoms. The lowest BCUT2D eigenvalue weighted by Crippen LogP contribution is -2.29. The molecule has 6 heteroatoms. The van der Waals surface area contributed by atoms with Gasteiger partial charge in [0, 0.05) is 32.8 Å². The zero-order valence-electron chi connectivity index (χ0n) is 11.3. The van der Waals surface area contributed by atoms with Crippen LogP contribution in [0.15, 0.2) is 18.5 Å². The van der Waals surface area contributed by atoms with Gasteiger partial charge < -0.3 is 16.0 Å². The van der Waals surface area contributed by atoms with Gasteiger partial charge in [-0.2, -0.15) is 0 Å². The second-order valence-corrected chi connectivity index (χ2v) is 4.03. The quantitative estimate of drug-likeness (QED) is 0.679. The molecule has 1 aromatic heterocycles. The van der Waals surface area contributed by atoms with Gasteiger partial charge in [0.2, 0.25) is 5.91 Å². The first-order chi connectivity index (χ1) is 9.19. The molecular weight excluding hydrogens is 244 g/mol. The molecule has 0 atom stereocenters. The predicted octanol–water partition coefficient (Wildman–Crippen LogP) is 0.769. The van der Waals surface area contributed by atoms with Gasteiger partial charge in [-0.15, -0.1) is 0 Å². The third-order valence-electron chi connectivity index (χ3n) is 2.55. The van der Waals surface area contributed by atoms with Crippen LogP contribution in [0, 0.1) is 0 Å². The van der Waals surface area contributed by atoms with Crippen molar-refractivity contribution in [3.63, 3.8) is 0 Å². The number of hydrogen-bond acceptors (Lipinski definition) is 4. The number of nitrogens with zero attached hydrogens (tertiary/aromatic N) is 1. The van der Waals surface area contributed by atoms with Gasteiger partial charge in [-0.1, -0.05) is 6.92 Å². The highest BCUT2D eigenvalue weighted by Gasteiger charge is 2.10. The summed E-state index contributed by atoms with van der Waals surface area (Å²) in [6, 6.07) is 1.66. The van der Waals surface area contributed by atoms with Crippen molar-refractivity contribution < 1.29 is 9.59 Å². The van der Waals surface area contributed by atoms with Gasteiger partial charge in [-0.3, -0.25) is 14.6 Å². The van der Waals surface area contributed by atoms with Crippen LogP contribution in [0.5, 0.6) is 0 Å². The topological polar surface area (TPSA) is 83.1 Å². The van der Waals surface area contributed by atoms with E-state index in [0.29, 0.717) is 17.8 Å². The molecule has 0 aliphatic carbocycles. The van der Waals surface area contributed by atoms with Gasteiger partial charge in [0.05, 0.1) is 17.4 Å². The summed E-state index contributed by atoms with van der Waals surface area (Å²) >= 11 is 0. The Morgan fingerprint density at radius 2 is 2.11 bits per heavy atom. The molecule has 0 aliphatic rings. The van der Waals surface area contributed by atoms with Gasteiger partial charge in [0.15, 0.2) is 0 Å². The van der Waals surface area contributed by atoms with Crippen molar-refractivity contribution in [2.45, 2.75) is 19.8 Å². The van der Waals surface area contributed by atoms with Gasteiger partial charge >= 0.3 is 0 Å². The van der Waals surface area contributed by atoms with E-state index in [1.54, 1.807) is 25.5 Å². The lowest BCUT2D eigenvalue weighted by molar-refractivity contribution is -0.120. The summed E-state index contributed by atoms with van der Waals surface area (Å²) in [5.41, 5.74) is 1.25. The molecule has 19 heavy (non-hydrogen) atoms. The van der Waals surface area contributed by atoms with E-state index < -0.39 is 0 Å². The normalized spacial score (nSPS) is 9.79. The van der Waals surface area contributed by atoms with Crippen molar-refractivity contribution in [2.24, 2.45) is 0 Å². The third-order valence-corrected chi connectivity index (χ3v) is 2.55. The smallest absolute Gasteiger partial charge is 0.253 e. The molecule has 1 rings (SSSR count). The van der Waals surface area contributed by atoms with Crippen molar-refractivity contribution in [3.8, 4) is 0 Å². The standard InChI is InChI=1S/C13H20N4O2/c1-3-6-16-11-9-15-7-4-10(11)13(19)17-8-5-12(18)14-2/h4,7,9,16H,3,5-6,8H2,1-2H3,(H,14,18)(H,17,19). The summed E-state index contributed by atoms with van der Waals surface area (Å²) in [6.45, 7) is 3.14. The number of anilines is 1. The predicted molar refractivity (Wildman–Crippen MR) is 74.0 cm³/mol. The molecular formula is C13H20N4O2. The molecule has 0 bridgehead atoms. The number of amides is 2. The zero-order chi connectivity index (χ0) is 14.1. The maximum atomic E-state index is 12.0. The molecule has 0 radical (unpaired) electrons. The largest absolute Gasteiger partial charge is 0.383 e. The molecule has 2 amide bonds. The fourth-order valence-electron chi connectivity index (χ4n) is 1.50. The maximum Gasteiger partial charge on any atom is 0.253 e. The Labute approximate surface area is 113 Å². The van der Waals surface area contributed by atoms with E-state index in [-0.39, 0.29) is 18.2 Å². The Bertz CT molecular complexity index is 434. The van der Waals surface area contributed by atoms with Crippen LogP contribution >= 0.6 is 0 Å². The molecule has 0 saturated heterocycles. The number of nitrogens with one attached hydrogen (secondary N) is 3. The number of carbonyl (C=O) groups is 2. The van der Waals surface area contributed by atoms with Gasteiger partial charge in [0.1, 0.15) is 0 Å². The first kappa shape index (κ1) is 14.9. The average molecular weight is 264 g/mol. The van der Waals surface area contributed by atoms with Crippen LogP contribution in [0.4, 0.5) is 5.69 Å². The maximum absolute atomic E-state index is 12.0. The first-order valence-corrected chi connectivity index (χ1v) is 6.35. The molecule has 104 valence electrons. The Morgan fingerprint density at radius 3 is 2.79 bits per heavy atom. The molecule has 0 aromatic carbocycles. The summed E-state index contributed by atoms with van der Waals surface area (Å²) < 4.78 is 0. The second kappa shape index (κ2) is 8.07. The highest BCUT2D eigenvalue weighted by atomic mass is 16.2. The zero-order valence-corrected chi connectivity index (χ0v) is 11.3. The SMILES string of the molecule is CCCNc1cnccc1C(=O)NCCC(=O)NC. The highest BCUT2D eigenvalue weighted by Crippen LogP contribution is 2.13. The van der Waals surface area contributed by atoms with Gasteiger partial charge in [-0.25, -0.2) is 0 Å². The fourth-order valence-corrected chi connectivity index (χ4v) is 1.50. The summed E-state index contributed by atoms with van der Waals surface area (Å²) in [5, 5.41) is 8.37. The van der Waals surface area contributed by atoms with Gasteiger partial charge in [0.25, 0.3) is 5.91 Å². The van der Waals surface area contributed by atoms with E-state index in [1.807, 2.05) is 6.92 Å². The molecule has 0 fully saturated rings. The average Bonchev–Trinajstić information content (AvgIpc) is 2.45. The van der Waals surface area contributed by atoms with Crippen molar-refractivity contribution in [3.05, 3.63) is 24.0 Å². The van der Waals surface area contributed by atoms with Crippen LogP contribution in [0.1, 0.15) is 30.1 Å². The summed E-state index contributed by atoms with van der Waals surface area (Å²) in [7, 11) is 1.57. The lowest BCUT2D eigenvalue weighted by atomic mass is 10.2. The van der Waals surface area contributed by atoms with Crippen molar-refractivity contribution in [2.75, 3.05) is 25.5 Å². The number of hydrogen-bond donors (Lipinski definition) is 3.